The summed E-state index contributed by atoms with van der Waals surface area (Å²) in [4.78, 5) is 20.6. The van der Waals surface area contributed by atoms with E-state index in [4.69, 9.17) is 0 Å². The van der Waals surface area contributed by atoms with Gasteiger partial charge in [0, 0.05) is 30.2 Å². The second-order valence-electron chi connectivity index (χ2n) is 6.76. The van der Waals surface area contributed by atoms with Crippen molar-refractivity contribution in [2.45, 2.75) is 13.3 Å². The maximum absolute atomic E-state index is 11.8. The highest BCUT2D eigenvalue weighted by Crippen LogP contribution is 2.28. The molecule has 0 fully saturated rings. The summed E-state index contributed by atoms with van der Waals surface area (Å²) >= 11 is 0. The van der Waals surface area contributed by atoms with Crippen molar-refractivity contribution >= 4 is 35.1 Å². The Morgan fingerprint density at radius 2 is 1.89 bits per heavy atom. The summed E-state index contributed by atoms with van der Waals surface area (Å²) in [5.74, 6) is 1.01. The van der Waals surface area contributed by atoms with Crippen molar-refractivity contribution < 1.29 is 4.79 Å². The number of fused-ring (bicyclic) bond motifs is 1. The number of hydrogen-bond donors (Lipinski definition) is 3. The van der Waals surface area contributed by atoms with Crippen molar-refractivity contribution in [1.29, 1.82) is 0 Å². The van der Waals surface area contributed by atoms with E-state index >= 15 is 0 Å². The number of hydrogen-bond acceptors (Lipinski definition) is 5. The molecule has 0 aliphatic heterocycles. The minimum Gasteiger partial charge on any atom is -0.355 e. The van der Waals surface area contributed by atoms with Gasteiger partial charge in [-0.05, 0) is 60.9 Å². The Bertz CT molecular complexity index is 1070. The van der Waals surface area contributed by atoms with E-state index in [0.29, 0.717) is 17.3 Å². The van der Waals surface area contributed by atoms with E-state index in [1.54, 1.807) is 25.4 Å². The minimum absolute atomic E-state index is 0.138. The van der Waals surface area contributed by atoms with Crippen LogP contribution < -0.4 is 16.0 Å². The van der Waals surface area contributed by atoms with Crippen LogP contribution >= 0.6 is 0 Å². The Hall–Kier alpha value is -3.67. The zero-order chi connectivity index (χ0) is 19.5. The van der Waals surface area contributed by atoms with Crippen molar-refractivity contribution in [2.24, 2.45) is 0 Å². The lowest BCUT2D eigenvalue weighted by atomic mass is 10.1. The van der Waals surface area contributed by atoms with Gasteiger partial charge in [-0.2, -0.15) is 4.98 Å². The summed E-state index contributed by atoms with van der Waals surface area (Å²) in [7, 11) is 1.61. The number of carbonyl (C=O) groups excluding carboxylic acids is 1. The number of carbonyl (C=O) groups is 1. The van der Waals surface area contributed by atoms with Gasteiger partial charge in [0.25, 0.3) is 5.91 Å². The molecule has 0 saturated heterocycles. The van der Waals surface area contributed by atoms with Crippen LogP contribution in [0.3, 0.4) is 0 Å². The Kier molecular flexibility index (Phi) is 4.76. The largest absolute Gasteiger partial charge is 0.355 e. The van der Waals surface area contributed by atoms with Gasteiger partial charge < -0.3 is 16.0 Å². The van der Waals surface area contributed by atoms with E-state index in [2.05, 4.69) is 57.1 Å². The highest BCUT2D eigenvalue weighted by atomic mass is 16.1. The lowest BCUT2D eigenvalue weighted by molar-refractivity contribution is 0.0963. The third-order valence-corrected chi connectivity index (χ3v) is 4.55. The summed E-state index contributed by atoms with van der Waals surface area (Å²) in [6, 6.07) is 15.4. The molecule has 6 nitrogen and oxygen atoms in total. The van der Waals surface area contributed by atoms with E-state index in [1.807, 2.05) is 18.2 Å². The Morgan fingerprint density at radius 1 is 1.04 bits per heavy atom. The molecule has 0 radical (unpaired) electrons. The fourth-order valence-electron chi connectivity index (χ4n) is 3.23. The predicted molar refractivity (Wildman–Crippen MR) is 112 cm³/mol. The van der Waals surface area contributed by atoms with Crippen LogP contribution in [0.4, 0.5) is 23.1 Å². The molecule has 140 valence electrons. The molecule has 1 aliphatic carbocycles. The molecule has 28 heavy (non-hydrogen) atoms. The minimum atomic E-state index is -0.138. The van der Waals surface area contributed by atoms with Gasteiger partial charge in [-0.1, -0.05) is 23.8 Å². The highest BCUT2D eigenvalue weighted by Gasteiger charge is 2.10. The van der Waals surface area contributed by atoms with Gasteiger partial charge in [0.1, 0.15) is 5.82 Å². The zero-order valence-corrected chi connectivity index (χ0v) is 15.8. The smallest absolute Gasteiger partial charge is 0.251 e. The van der Waals surface area contributed by atoms with Crippen LogP contribution in [0.5, 0.6) is 0 Å². The van der Waals surface area contributed by atoms with Gasteiger partial charge >= 0.3 is 0 Å². The molecule has 0 atom stereocenters. The van der Waals surface area contributed by atoms with Crippen LogP contribution in [0.1, 0.15) is 28.4 Å². The van der Waals surface area contributed by atoms with E-state index in [9.17, 15) is 4.79 Å². The van der Waals surface area contributed by atoms with Crippen molar-refractivity contribution in [2.75, 3.05) is 17.7 Å². The Labute approximate surface area is 163 Å². The van der Waals surface area contributed by atoms with Gasteiger partial charge in [-0.15, -0.1) is 0 Å². The molecule has 0 unspecified atom stereocenters. The van der Waals surface area contributed by atoms with Crippen molar-refractivity contribution in [3.05, 3.63) is 77.0 Å². The first-order valence-electron chi connectivity index (χ1n) is 9.10. The SMILES string of the molecule is CNC(=O)c1cccc(Nc2nccc(Nc3ccc4c(c3)C=C(C)C4)n2)c1. The monoisotopic (exact) mass is 371 g/mol. The first-order chi connectivity index (χ1) is 13.6. The summed E-state index contributed by atoms with van der Waals surface area (Å²) < 4.78 is 0. The van der Waals surface area contributed by atoms with Gasteiger partial charge in [0.05, 0.1) is 0 Å². The molecule has 1 amide bonds. The van der Waals surface area contributed by atoms with Gasteiger partial charge in [-0.3, -0.25) is 4.79 Å². The van der Waals surface area contributed by atoms with E-state index < -0.39 is 0 Å². The molecule has 2 aromatic carbocycles. The average Bonchev–Trinajstić information content (AvgIpc) is 3.07. The molecule has 1 aliphatic rings. The van der Waals surface area contributed by atoms with E-state index in [0.717, 1.165) is 17.8 Å². The number of nitrogens with one attached hydrogen (secondary N) is 3. The fourth-order valence-corrected chi connectivity index (χ4v) is 3.23. The fraction of sp³-hybridized carbons (Fsp3) is 0.136. The summed E-state index contributed by atoms with van der Waals surface area (Å²) in [5.41, 5.74) is 6.28. The lowest BCUT2D eigenvalue weighted by Gasteiger charge is -2.10. The maximum atomic E-state index is 11.8. The molecule has 4 rings (SSSR count). The number of amides is 1. The third-order valence-electron chi connectivity index (χ3n) is 4.55. The second-order valence-corrected chi connectivity index (χ2v) is 6.76. The predicted octanol–water partition coefficient (Wildman–Crippen LogP) is 4.28. The van der Waals surface area contributed by atoms with Crippen molar-refractivity contribution in [3.63, 3.8) is 0 Å². The summed E-state index contributed by atoms with van der Waals surface area (Å²) in [6.45, 7) is 2.15. The summed E-state index contributed by atoms with van der Waals surface area (Å²) in [5, 5.41) is 9.09. The number of nitrogens with zero attached hydrogens (tertiary/aromatic N) is 2. The highest BCUT2D eigenvalue weighted by molar-refractivity contribution is 5.95. The van der Waals surface area contributed by atoms with Crippen LogP contribution in [0, 0.1) is 0 Å². The third kappa shape index (κ3) is 3.86. The molecule has 3 N–H and O–H groups in total. The van der Waals surface area contributed by atoms with Crippen LogP contribution in [0.25, 0.3) is 6.08 Å². The standard InChI is InChI=1S/C22H21N5O/c1-14-10-15-6-7-19(13-17(15)11-14)25-20-8-9-24-22(27-20)26-18-5-3-4-16(12-18)21(28)23-2/h3-9,11-13H,10H2,1-2H3,(H,23,28)(H2,24,25,26,27). The molecular formula is C22H21N5O. The number of anilines is 4. The van der Waals surface area contributed by atoms with Crippen LogP contribution in [0.15, 0.2) is 60.3 Å². The topological polar surface area (TPSA) is 78.9 Å². The molecule has 0 bridgehead atoms. The Morgan fingerprint density at radius 3 is 2.75 bits per heavy atom. The van der Waals surface area contributed by atoms with Crippen LogP contribution in [-0.2, 0) is 6.42 Å². The number of benzene rings is 2. The van der Waals surface area contributed by atoms with Gasteiger partial charge in [0.15, 0.2) is 0 Å². The van der Waals surface area contributed by atoms with Gasteiger partial charge in [-0.25, -0.2) is 4.98 Å². The first kappa shape index (κ1) is 17.7. The average molecular weight is 371 g/mol. The normalized spacial score (nSPS) is 12.1. The summed E-state index contributed by atoms with van der Waals surface area (Å²) in [6.07, 6.45) is 4.93. The number of rotatable bonds is 5. The molecule has 6 heteroatoms. The number of aromatic nitrogens is 2. The quantitative estimate of drug-likeness (QED) is 0.624. The molecular weight excluding hydrogens is 350 g/mol. The number of allylic oxidation sites excluding steroid dienone is 1. The molecule has 1 heterocycles. The van der Waals surface area contributed by atoms with Crippen LogP contribution in [-0.4, -0.2) is 22.9 Å². The molecule has 3 aromatic rings. The van der Waals surface area contributed by atoms with E-state index in [1.165, 1.54) is 16.7 Å². The molecule has 0 saturated carbocycles. The van der Waals surface area contributed by atoms with Crippen LogP contribution in [0.2, 0.25) is 0 Å². The maximum Gasteiger partial charge on any atom is 0.251 e. The molecule has 0 spiro atoms. The zero-order valence-electron chi connectivity index (χ0n) is 15.8. The first-order valence-corrected chi connectivity index (χ1v) is 9.10. The molecule has 1 aromatic heterocycles. The van der Waals surface area contributed by atoms with E-state index in [-0.39, 0.29) is 5.91 Å². The Balaban J connectivity index is 1.51. The van der Waals surface area contributed by atoms with Crippen molar-refractivity contribution in [1.82, 2.24) is 15.3 Å². The lowest BCUT2D eigenvalue weighted by Crippen LogP contribution is -2.17. The van der Waals surface area contributed by atoms with Crippen molar-refractivity contribution in [3.8, 4) is 0 Å². The van der Waals surface area contributed by atoms with Gasteiger partial charge in [0.2, 0.25) is 5.95 Å². The second kappa shape index (κ2) is 7.52.